The predicted octanol–water partition coefficient (Wildman–Crippen LogP) is 4.06. The molecule has 0 saturated carbocycles. The van der Waals surface area contributed by atoms with E-state index in [0.29, 0.717) is 5.69 Å². The fourth-order valence-electron chi connectivity index (χ4n) is 2.38. The lowest BCUT2D eigenvalue weighted by Gasteiger charge is -2.14. The minimum atomic E-state index is -1.08. The number of hydrogen-bond acceptors (Lipinski definition) is 3. The first-order chi connectivity index (χ1) is 11.6. The average Bonchev–Trinajstić information content (AvgIpc) is 2.52. The Morgan fingerprint density at radius 3 is 2.52 bits per heavy atom. The summed E-state index contributed by atoms with van der Waals surface area (Å²) in [5.41, 5.74) is 8.22. The zero-order chi connectivity index (χ0) is 18.8. The van der Waals surface area contributed by atoms with Gasteiger partial charge < -0.3 is 10.8 Å². The summed E-state index contributed by atoms with van der Waals surface area (Å²) in [6.07, 6.45) is 0. The summed E-state index contributed by atoms with van der Waals surface area (Å²) in [5, 5.41) is 9.74. The lowest BCUT2D eigenvalue weighted by Crippen LogP contribution is -2.14. The summed E-state index contributed by atoms with van der Waals surface area (Å²) in [4.78, 5) is 4.62. The molecular weight excluding hydrogens is 315 g/mol. The van der Waals surface area contributed by atoms with Crippen LogP contribution in [0.2, 0.25) is 0 Å². The fourth-order valence-corrected chi connectivity index (χ4v) is 2.38. The monoisotopic (exact) mass is 338 g/mol. The van der Waals surface area contributed by atoms with Crippen LogP contribution in [0.1, 0.15) is 50.6 Å². The normalized spacial score (nSPS) is 11.2. The van der Waals surface area contributed by atoms with E-state index < -0.39 is 11.4 Å². The Morgan fingerprint density at radius 1 is 1.28 bits per heavy atom. The van der Waals surface area contributed by atoms with Gasteiger partial charge in [-0.3, -0.25) is 0 Å². The number of hydrogen-bond donors (Lipinski definition) is 2. The van der Waals surface area contributed by atoms with Crippen LogP contribution in [-0.4, -0.2) is 15.7 Å². The van der Waals surface area contributed by atoms with Gasteiger partial charge in [0.05, 0.1) is 5.69 Å². The highest BCUT2D eigenvalue weighted by Crippen LogP contribution is 2.30. The van der Waals surface area contributed by atoms with Gasteiger partial charge in [-0.15, -0.1) is 0 Å². The second-order valence-electron chi connectivity index (χ2n) is 6.81. The molecule has 0 spiro atoms. The maximum absolute atomic E-state index is 13.9. The molecule has 0 fully saturated rings. The van der Waals surface area contributed by atoms with Crippen LogP contribution in [0.4, 0.5) is 4.39 Å². The standard InChI is InChI=1S/C21H23FN2O/c1-13(2)20-17(8-7-16(24-20)10-11-21(4,5)25)15-6-9-19(22)18(12-15)14(3)23/h6-9,12-13,25H,3,23H2,1-2,4-5H3. The van der Waals surface area contributed by atoms with Gasteiger partial charge in [-0.05, 0) is 55.5 Å². The fraction of sp³-hybridized carbons (Fsp3) is 0.286. The number of nitrogens with two attached hydrogens (primary N) is 1. The highest BCUT2D eigenvalue weighted by Gasteiger charge is 2.14. The molecule has 25 heavy (non-hydrogen) atoms. The van der Waals surface area contributed by atoms with Crippen molar-refractivity contribution in [1.29, 1.82) is 0 Å². The second-order valence-corrected chi connectivity index (χ2v) is 6.81. The van der Waals surface area contributed by atoms with E-state index in [-0.39, 0.29) is 17.2 Å². The molecule has 3 nitrogen and oxygen atoms in total. The molecule has 1 aromatic carbocycles. The second kappa shape index (κ2) is 7.08. The van der Waals surface area contributed by atoms with Crippen molar-refractivity contribution in [1.82, 2.24) is 4.98 Å². The minimum Gasteiger partial charge on any atom is -0.399 e. The molecule has 130 valence electrons. The number of aliphatic hydroxyl groups is 1. The molecule has 0 aliphatic heterocycles. The van der Waals surface area contributed by atoms with Crippen LogP contribution in [0.25, 0.3) is 16.8 Å². The molecule has 0 aliphatic carbocycles. The Labute approximate surface area is 148 Å². The molecule has 0 saturated heterocycles. The summed E-state index contributed by atoms with van der Waals surface area (Å²) < 4.78 is 13.9. The Bertz CT molecular complexity index is 868. The van der Waals surface area contributed by atoms with Gasteiger partial charge in [-0.25, -0.2) is 9.37 Å². The maximum Gasteiger partial charge on any atom is 0.132 e. The third-order valence-electron chi connectivity index (χ3n) is 3.59. The van der Waals surface area contributed by atoms with Crippen LogP contribution >= 0.6 is 0 Å². The number of rotatable bonds is 3. The Kier molecular flexibility index (Phi) is 5.30. The highest BCUT2D eigenvalue weighted by molar-refractivity contribution is 5.72. The molecule has 2 aromatic rings. The molecule has 0 amide bonds. The van der Waals surface area contributed by atoms with Gasteiger partial charge in [0.1, 0.15) is 17.1 Å². The van der Waals surface area contributed by atoms with Crippen LogP contribution < -0.4 is 5.73 Å². The number of aromatic nitrogens is 1. The lowest BCUT2D eigenvalue weighted by atomic mass is 9.95. The largest absolute Gasteiger partial charge is 0.399 e. The van der Waals surface area contributed by atoms with Gasteiger partial charge in [-0.2, -0.15) is 0 Å². The zero-order valence-electron chi connectivity index (χ0n) is 15.0. The Hall–Kier alpha value is -2.64. The van der Waals surface area contributed by atoms with Crippen molar-refractivity contribution in [3.63, 3.8) is 0 Å². The topological polar surface area (TPSA) is 59.1 Å². The van der Waals surface area contributed by atoms with Crippen molar-refractivity contribution in [2.24, 2.45) is 5.73 Å². The molecule has 4 heteroatoms. The van der Waals surface area contributed by atoms with Crippen LogP contribution in [0.15, 0.2) is 36.9 Å². The first kappa shape index (κ1) is 18.7. The summed E-state index contributed by atoms with van der Waals surface area (Å²) in [5.74, 6) is 5.40. The van der Waals surface area contributed by atoms with Gasteiger partial charge in [0.15, 0.2) is 0 Å². The molecule has 0 unspecified atom stereocenters. The molecule has 0 radical (unpaired) electrons. The number of benzene rings is 1. The predicted molar refractivity (Wildman–Crippen MR) is 100 cm³/mol. The van der Waals surface area contributed by atoms with Crippen molar-refractivity contribution in [3.8, 4) is 23.0 Å². The smallest absolute Gasteiger partial charge is 0.132 e. The van der Waals surface area contributed by atoms with Crippen molar-refractivity contribution in [2.45, 2.75) is 39.2 Å². The van der Waals surface area contributed by atoms with Gasteiger partial charge in [-0.1, -0.05) is 32.4 Å². The SMILES string of the molecule is C=C(N)c1cc(-c2ccc(C#CC(C)(C)O)nc2C(C)C)ccc1F. The van der Waals surface area contributed by atoms with E-state index in [1.807, 2.05) is 19.9 Å². The molecule has 0 aliphatic rings. The minimum absolute atomic E-state index is 0.147. The van der Waals surface area contributed by atoms with Gasteiger partial charge in [0.25, 0.3) is 0 Å². The van der Waals surface area contributed by atoms with Crippen molar-refractivity contribution in [2.75, 3.05) is 0 Å². The van der Waals surface area contributed by atoms with Crippen molar-refractivity contribution in [3.05, 3.63) is 59.7 Å². The van der Waals surface area contributed by atoms with Crippen LogP contribution in [0.5, 0.6) is 0 Å². The summed E-state index contributed by atoms with van der Waals surface area (Å²) in [6, 6.07) is 8.47. The number of pyridine rings is 1. The van der Waals surface area contributed by atoms with Crippen molar-refractivity contribution < 1.29 is 9.50 Å². The zero-order valence-corrected chi connectivity index (χ0v) is 15.0. The van der Waals surface area contributed by atoms with E-state index in [4.69, 9.17) is 5.73 Å². The quantitative estimate of drug-likeness (QED) is 0.830. The molecule has 0 atom stereocenters. The Balaban J connectivity index is 2.57. The van der Waals surface area contributed by atoms with Gasteiger partial charge >= 0.3 is 0 Å². The van der Waals surface area contributed by atoms with E-state index in [1.54, 1.807) is 32.0 Å². The van der Waals surface area contributed by atoms with Gasteiger partial charge in [0, 0.05) is 16.8 Å². The average molecular weight is 338 g/mol. The third kappa shape index (κ3) is 4.68. The Morgan fingerprint density at radius 2 is 1.96 bits per heavy atom. The molecule has 1 aromatic heterocycles. The molecule has 3 N–H and O–H groups in total. The maximum atomic E-state index is 13.9. The van der Waals surface area contributed by atoms with Crippen molar-refractivity contribution >= 4 is 5.70 Å². The molecule has 0 bridgehead atoms. The summed E-state index contributed by atoms with van der Waals surface area (Å²) in [7, 11) is 0. The summed E-state index contributed by atoms with van der Waals surface area (Å²) in [6.45, 7) is 10.9. The van der Waals surface area contributed by atoms with E-state index in [9.17, 15) is 9.50 Å². The van der Waals surface area contributed by atoms with Gasteiger partial charge in [0.2, 0.25) is 0 Å². The first-order valence-electron chi connectivity index (χ1n) is 8.09. The molecular formula is C21H23FN2O. The first-order valence-corrected chi connectivity index (χ1v) is 8.09. The highest BCUT2D eigenvalue weighted by atomic mass is 19.1. The molecule has 1 heterocycles. The van der Waals surface area contributed by atoms with E-state index in [2.05, 4.69) is 23.4 Å². The lowest BCUT2D eigenvalue weighted by molar-refractivity contribution is 0.143. The molecule has 2 rings (SSSR count). The summed E-state index contributed by atoms with van der Waals surface area (Å²) >= 11 is 0. The van der Waals surface area contributed by atoms with E-state index >= 15 is 0 Å². The van der Waals surface area contributed by atoms with Crippen LogP contribution in [-0.2, 0) is 0 Å². The van der Waals surface area contributed by atoms with E-state index in [1.165, 1.54) is 6.07 Å². The van der Waals surface area contributed by atoms with Crippen LogP contribution in [0.3, 0.4) is 0 Å². The van der Waals surface area contributed by atoms with Crippen LogP contribution in [0, 0.1) is 17.7 Å². The van der Waals surface area contributed by atoms with E-state index in [0.717, 1.165) is 16.8 Å². The third-order valence-corrected chi connectivity index (χ3v) is 3.59. The number of halogens is 1. The number of nitrogens with zero attached hydrogens (tertiary/aromatic N) is 1.